The van der Waals surface area contributed by atoms with E-state index in [4.69, 9.17) is 15.4 Å². The largest absolute Gasteiger partial charge is 0.368 e. The first kappa shape index (κ1) is 20.3. The molecule has 0 aromatic heterocycles. The van der Waals surface area contributed by atoms with Crippen molar-refractivity contribution in [1.82, 2.24) is 5.48 Å². The summed E-state index contributed by atoms with van der Waals surface area (Å²) >= 11 is 0. The molecule has 0 fully saturated rings. The van der Waals surface area contributed by atoms with Crippen LogP contribution >= 0.6 is 0 Å². The summed E-state index contributed by atoms with van der Waals surface area (Å²) in [6.45, 7) is 0. The van der Waals surface area contributed by atoms with Gasteiger partial charge >= 0.3 is 0 Å². The molecule has 126 valence electrons. The third-order valence-corrected chi connectivity index (χ3v) is 3.74. The van der Waals surface area contributed by atoms with Crippen molar-refractivity contribution in [3.8, 4) is 0 Å². The second kappa shape index (κ2) is 15.7. The first-order valence-electron chi connectivity index (χ1n) is 8.46. The van der Waals surface area contributed by atoms with Crippen LogP contribution in [0, 0.1) is 0 Å². The van der Waals surface area contributed by atoms with Crippen molar-refractivity contribution < 1.29 is 20.2 Å². The van der Waals surface area contributed by atoms with E-state index in [0.717, 1.165) is 25.7 Å². The van der Waals surface area contributed by atoms with Crippen molar-refractivity contribution in [2.75, 3.05) is 0 Å². The Bertz CT molecular complexity index is 234. The van der Waals surface area contributed by atoms with Gasteiger partial charge in [0.15, 0.2) is 6.29 Å². The highest BCUT2D eigenvalue weighted by atomic mass is 16.5. The molecule has 21 heavy (non-hydrogen) atoms. The average molecular weight is 303 g/mol. The van der Waals surface area contributed by atoms with Crippen molar-refractivity contribution in [3.63, 3.8) is 0 Å². The van der Waals surface area contributed by atoms with Crippen molar-refractivity contribution in [1.29, 1.82) is 0 Å². The van der Waals surface area contributed by atoms with Gasteiger partial charge in [0.1, 0.15) is 0 Å². The molecule has 0 aliphatic rings. The van der Waals surface area contributed by atoms with Crippen LogP contribution < -0.4 is 5.48 Å². The Kier molecular flexibility index (Phi) is 15.2. The van der Waals surface area contributed by atoms with Gasteiger partial charge in [-0.1, -0.05) is 64.2 Å². The molecule has 0 bridgehead atoms. The zero-order valence-corrected chi connectivity index (χ0v) is 13.2. The Morgan fingerprint density at radius 1 is 0.714 bits per heavy atom. The van der Waals surface area contributed by atoms with Crippen molar-refractivity contribution in [2.24, 2.45) is 0 Å². The fraction of sp³-hybridized carbons (Fsp3) is 0.938. The van der Waals surface area contributed by atoms with Gasteiger partial charge in [0.25, 0.3) is 0 Å². The van der Waals surface area contributed by atoms with E-state index >= 15 is 0 Å². The highest BCUT2D eigenvalue weighted by Gasteiger charge is 1.99. The van der Waals surface area contributed by atoms with E-state index in [-0.39, 0.29) is 5.91 Å². The van der Waals surface area contributed by atoms with Crippen LogP contribution in [0.4, 0.5) is 0 Å². The molecule has 0 spiro atoms. The molecule has 0 saturated heterocycles. The van der Waals surface area contributed by atoms with Crippen LogP contribution in [-0.2, 0) is 4.79 Å². The quantitative estimate of drug-likeness (QED) is 0.162. The van der Waals surface area contributed by atoms with Gasteiger partial charge in [-0.15, -0.1) is 0 Å². The molecule has 5 heteroatoms. The summed E-state index contributed by atoms with van der Waals surface area (Å²) in [5.41, 5.74) is 1.65. The van der Waals surface area contributed by atoms with E-state index < -0.39 is 6.29 Å². The summed E-state index contributed by atoms with van der Waals surface area (Å²) in [6, 6.07) is 0. The molecule has 0 unspecified atom stereocenters. The van der Waals surface area contributed by atoms with Gasteiger partial charge in [0.05, 0.1) is 0 Å². The van der Waals surface area contributed by atoms with Gasteiger partial charge in [-0.3, -0.25) is 10.0 Å². The second-order valence-electron chi connectivity index (χ2n) is 5.80. The third-order valence-electron chi connectivity index (χ3n) is 3.74. The number of aliphatic hydroxyl groups excluding tert-OH is 1. The highest BCUT2D eigenvalue weighted by Crippen LogP contribution is 2.13. The molecule has 0 aromatic rings. The van der Waals surface area contributed by atoms with Crippen LogP contribution in [0.15, 0.2) is 0 Å². The summed E-state index contributed by atoms with van der Waals surface area (Å²) < 4.78 is 0. The number of carbonyl (C=O) groups is 1. The second-order valence-corrected chi connectivity index (χ2v) is 5.80. The Labute approximate surface area is 128 Å². The maximum atomic E-state index is 10.8. The molecule has 0 aromatic carbocycles. The minimum atomic E-state index is -1.14. The van der Waals surface area contributed by atoms with Crippen LogP contribution in [0.2, 0.25) is 0 Å². The minimum Gasteiger partial charge on any atom is -0.368 e. The summed E-state index contributed by atoms with van der Waals surface area (Å²) in [5.74, 6) is -0.288. The zero-order valence-electron chi connectivity index (χ0n) is 13.2. The fourth-order valence-electron chi connectivity index (χ4n) is 2.44. The molecule has 0 radical (unpaired) electrons. The van der Waals surface area contributed by atoms with Crippen LogP contribution in [0.3, 0.4) is 0 Å². The Balaban J connectivity index is 3.01. The van der Waals surface area contributed by atoms with Crippen molar-refractivity contribution in [2.45, 2.75) is 96.2 Å². The molecule has 0 aliphatic heterocycles. The lowest BCUT2D eigenvalue weighted by molar-refractivity contribution is -0.129. The lowest BCUT2D eigenvalue weighted by atomic mass is 10.0. The molecule has 0 heterocycles. The average Bonchev–Trinajstić information content (AvgIpc) is 2.46. The molecular formula is C16H33NO4. The van der Waals surface area contributed by atoms with Crippen LogP contribution in [0.1, 0.15) is 89.9 Å². The molecule has 1 amide bonds. The van der Waals surface area contributed by atoms with Gasteiger partial charge in [-0.2, -0.15) is 0 Å². The van der Waals surface area contributed by atoms with Crippen LogP contribution in [0.5, 0.6) is 0 Å². The molecule has 0 rings (SSSR count). The normalized spacial score (nSPS) is 11.0. The maximum absolute atomic E-state index is 10.8. The summed E-state index contributed by atoms with van der Waals surface area (Å²) in [7, 11) is 0. The van der Waals surface area contributed by atoms with Gasteiger partial charge in [0.2, 0.25) is 5.91 Å². The van der Waals surface area contributed by atoms with E-state index in [1.165, 1.54) is 51.4 Å². The monoisotopic (exact) mass is 303 g/mol. The van der Waals surface area contributed by atoms with Crippen molar-refractivity contribution in [3.05, 3.63) is 0 Å². The number of hydrogen-bond acceptors (Lipinski definition) is 4. The number of hydroxylamine groups is 1. The Morgan fingerprint density at radius 2 is 1.10 bits per heavy atom. The van der Waals surface area contributed by atoms with Crippen LogP contribution in [0.25, 0.3) is 0 Å². The molecule has 0 atom stereocenters. The molecular weight excluding hydrogens is 270 g/mol. The van der Waals surface area contributed by atoms with E-state index in [1.807, 2.05) is 0 Å². The van der Waals surface area contributed by atoms with Gasteiger partial charge in [-0.25, -0.2) is 5.48 Å². The number of rotatable bonds is 15. The third kappa shape index (κ3) is 17.3. The zero-order chi connectivity index (χ0) is 15.8. The Morgan fingerprint density at radius 3 is 1.48 bits per heavy atom. The number of unbranched alkanes of at least 4 members (excludes halogenated alkanes) is 11. The van der Waals surface area contributed by atoms with Gasteiger partial charge < -0.3 is 10.2 Å². The SMILES string of the molecule is O=C(CCCCCCCCCCCCCCC(O)O)NO. The Hall–Kier alpha value is -0.650. The summed E-state index contributed by atoms with van der Waals surface area (Å²) in [6.07, 6.45) is 13.7. The molecule has 5 nitrogen and oxygen atoms in total. The predicted molar refractivity (Wildman–Crippen MR) is 82.8 cm³/mol. The maximum Gasteiger partial charge on any atom is 0.243 e. The van der Waals surface area contributed by atoms with Crippen molar-refractivity contribution >= 4 is 5.91 Å². The number of carbonyl (C=O) groups excluding carboxylic acids is 1. The highest BCUT2D eigenvalue weighted by molar-refractivity contribution is 5.74. The summed E-state index contributed by atoms with van der Waals surface area (Å²) in [4.78, 5) is 10.8. The van der Waals surface area contributed by atoms with Gasteiger partial charge in [0, 0.05) is 6.42 Å². The lowest BCUT2D eigenvalue weighted by Gasteiger charge is -2.04. The van der Waals surface area contributed by atoms with Gasteiger partial charge in [-0.05, 0) is 19.3 Å². The molecule has 0 aliphatic carbocycles. The number of amides is 1. The first-order chi connectivity index (χ1) is 10.2. The summed E-state index contributed by atoms with van der Waals surface area (Å²) in [5, 5.41) is 25.7. The topological polar surface area (TPSA) is 89.8 Å². The fourth-order valence-corrected chi connectivity index (χ4v) is 2.44. The lowest BCUT2D eigenvalue weighted by Crippen LogP contribution is -2.17. The predicted octanol–water partition coefficient (Wildman–Crippen LogP) is 3.26. The standard InChI is InChI=1S/C16H33NO4/c18-15(17-21)13-11-9-7-5-3-1-2-4-6-8-10-12-14-16(19)20/h16,19-21H,1-14H2,(H,17,18). The smallest absolute Gasteiger partial charge is 0.243 e. The number of hydrogen-bond donors (Lipinski definition) is 4. The van der Waals surface area contributed by atoms with E-state index in [9.17, 15) is 4.79 Å². The minimum absolute atomic E-state index is 0.288. The number of nitrogens with one attached hydrogen (secondary N) is 1. The van der Waals surface area contributed by atoms with E-state index in [1.54, 1.807) is 5.48 Å². The van der Waals surface area contributed by atoms with E-state index in [2.05, 4.69) is 0 Å². The van der Waals surface area contributed by atoms with E-state index in [0.29, 0.717) is 12.8 Å². The van der Waals surface area contributed by atoms with Crippen LogP contribution in [-0.4, -0.2) is 27.6 Å². The molecule has 0 saturated carbocycles. The molecule has 4 N–H and O–H groups in total. The first-order valence-corrected chi connectivity index (χ1v) is 8.46. The number of aliphatic hydroxyl groups is 2.